The van der Waals surface area contributed by atoms with Gasteiger partial charge in [0.25, 0.3) is 0 Å². The summed E-state index contributed by atoms with van der Waals surface area (Å²) in [7, 11) is 0. The highest BCUT2D eigenvalue weighted by Crippen LogP contribution is 2.48. The van der Waals surface area contributed by atoms with Gasteiger partial charge >= 0.3 is 0 Å². The minimum absolute atomic E-state index is 0.0346. The van der Waals surface area contributed by atoms with Crippen molar-refractivity contribution in [3.8, 4) is 6.07 Å². The van der Waals surface area contributed by atoms with Crippen LogP contribution in [0.3, 0.4) is 0 Å². The Kier molecular flexibility index (Phi) is 4.13. The molecular formula is C16H24FN3O2. The van der Waals surface area contributed by atoms with E-state index in [0.717, 1.165) is 25.7 Å². The van der Waals surface area contributed by atoms with Gasteiger partial charge < -0.3 is 15.3 Å². The minimum atomic E-state index is -1.09. The molecule has 3 rings (SSSR count). The van der Waals surface area contributed by atoms with Crippen molar-refractivity contribution in [3.05, 3.63) is 0 Å². The van der Waals surface area contributed by atoms with Crippen molar-refractivity contribution in [1.29, 1.82) is 5.26 Å². The van der Waals surface area contributed by atoms with Crippen LogP contribution < -0.4 is 5.32 Å². The molecule has 0 aromatic heterocycles. The van der Waals surface area contributed by atoms with Crippen molar-refractivity contribution in [1.82, 2.24) is 10.2 Å². The lowest BCUT2D eigenvalue weighted by molar-refractivity contribution is -0.130. The van der Waals surface area contributed by atoms with E-state index in [0.29, 0.717) is 11.8 Å². The molecule has 0 spiro atoms. The Morgan fingerprint density at radius 1 is 1.41 bits per heavy atom. The summed E-state index contributed by atoms with van der Waals surface area (Å²) in [5.74, 6) is 0.887. The molecule has 2 saturated carbocycles. The molecule has 3 aliphatic rings. The summed E-state index contributed by atoms with van der Waals surface area (Å²) in [5.41, 5.74) is -0.0951. The first kappa shape index (κ1) is 15.7. The fourth-order valence-electron chi connectivity index (χ4n) is 4.64. The number of alkyl halides is 1. The second-order valence-electron chi connectivity index (χ2n) is 7.49. The quantitative estimate of drug-likeness (QED) is 0.815. The smallest absolute Gasteiger partial charge is 0.237 e. The molecule has 1 aliphatic heterocycles. The van der Waals surface area contributed by atoms with Crippen LogP contribution in [0.2, 0.25) is 0 Å². The number of nitrogens with zero attached hydrogens (tertiary/aromatic N) is 2. The van der Waals surface area contributed by atoms with Gasteiger partial charge in [-0.25, -0.2) is 4.39 Å². The molecule has 2 N–H and O–H groups in total. The third-order valence-corrected chi connectivity index (χ3v) is 5.63. The summed E-state index contributed by atoms with van der Waals surface area (Å²) in [6, 6.07) is 1.38. The number of carbonyl (C=O) groups excluding carboxylic acids is 1. The van der Waals surface area contributed by atoms with Gasteiger partial charge in [0, 0.05) is 12.0 Å². The number of halogens is 1. The fraction of sp³-hybridized carbons (Fsp3) is 0.875. The highest BCUT2D eigenvalue weighted by atomic mass is 19.1. The molecule has 1 heterocycles. The van der Waals surface area contributed by atoms with Crippen LogP contribution in [0.4, 0.5) is 4.39 Å². The molecule has 4 atom stereocenters. The number of hydrogen-bond donors (Lipinski definition) is 2. The van der Waals surface area contributed by atoms with Crippen molar-refractivity contribution in [2.45, 2.75) is 62.9 Å². The lowest BCUT2D eigenvalue weighted by Gasteiger charge is -2.29. The van der Waals surface area contributed by atoms with Crippen molar-refractivity contribution in [3.63, 3.8) is 0 Å². The van der Waals surface area contributed by atoms with Crippen LogP contribution >= 0.6 is 0 Å². The Morgan fingerprint density at radius 2 is 2.05 bits per heavy atom. The second kappa shape index (κ2) is 5.78. The first-order valence-electron chi connectivity index (χ1n) is 8.16. The number of aliphatic hydroxyl groups excluding tert-OH is 1. The number of nitriles is 1. The summed E-state index contributed by atoms with van der Waals surface area (Å²) in [4.78, 5) is 13.6. The summed E-state index contributed by atoms with van der Waals surface area (Å²) in [5, 5.41) is 22.0. The SMILES string of the molecule is CC1(NCC(=O)N2C[C@@H](F)C[C@H]2C#N)CC2CC(O)CC2C1. The lowest BCUT2D eigenvalue weighted by atomic mass is 9.96. The number of amides is 1. The summed E-state index contributed by atoms with van der Waals surface area (Å²) >= 11 is 0. The Morgan fingerprint density at radius 3 is 2.64 bits per heavy atom. The molecule has 2 aliphatic carbocycles. The van der Waals surface area contributed by atoms with Gasteiger partial charge in [-0.2, -0.15) is 5.26 Å². The van der Waals surface area contributed by atoms with Crippen LogP contribution in [0.5, 0.6) is 0 Å². The maximum Gasteiger partial charge on any atom is 0.237 e. The van der Waals surface area contributed by atoms with Crippen LogP contribution in [-0.2, 0) is 4.79 Å². The fourth-order valence-corrected chi connectivity index (χ4v) is 4.64. The average molecular weight is 309 g/mol. The van der Waals surface area contributed by atoms with E-state index in [1.807, 2.05) is 6.07 Å². The molecule has 3 fully saturated rings. The molecule has 0 aromatic carbocycles. The van der Waals surface area contributed by atoms with Gasteiger partial charge in [0.1, 0.15) is 12.2 Å². The molecule has 22 heavy (non-hydrogen) atoms. The number of nitrogens with one attached hydrogen (secondary N) is 1. The topological polar surface area (TPSA) is 76.4 Å². The van der Waals surface area contributed by atoms with E-state index in [4.69, 9.17) is 5.26 Å². The molecule has 1 saturated heterocycles. The maximum absolute atomic E-state index is 13.4. The van der Waals surface area contributed by atoms with Gasteiger partial charge in [-0.15, -0.1) is 0 Å². The van der Waals surface area contributed by atoms with E-state index < -0.39 is 12.2 Å². The average Bonchev–Trinajstić information content (AvgIpc) is 3.07. The molecule has 0 bridgehead atoms. The van der Waals surface area contributed by atoms with E-state index in [1.54, 1.807) is 0 Å². The predicted molar refractivity (Wildman–Crippen MR) is 78.5 cm³/mol. The Labute approximate surface area is 130 Å². The van der Waals surface area contributed by atoms with Gasteiger partial charge in [0.2, 0.25) is 5.91 Å². The van der Waals surface area contributed by atoms with Gasteiger partial charge in [0.05, 0.1) is 25.3 Å². The number of likely N-dealkylation sites (tertiary alicyclic amines) is 1. The van der Waals surface area contributed by atoms with E-state index in [-0.39, 0.29) is 37.1 Å². The number of aliphatic hydroxyl groups is 1. The molecule has 2 unspecified atom stereocenters. The van der Waals surface area contributed by atoms with Crippen LogP contribution in [0.25, 0.3) is 0 Å². The second-order valence-corrected chi connectivity index (χ2v) is 7.49. The number of hydrogen-bond acceptors (Lipinski definition) is 4. The Hall–Kier alpha value is -1.19. The maximum atomic E-state index is 13.4. The van der Waals surface area contributed by atoms with Crippen molar-refractivity contribution in [2.75, 3.05) is 13.1 Å². The van der Waals surface area contributed by atoms with Gasteiger partial charge in [-0.3, -0.25) is 4.79 Å². The number of fused-ring (bicyclic) bond motifs is 1. The zero-order valence-electron chi connectivity index (χ0n) is 13.0. The molecule has 0 aromatic rings. The standard InChI is InChI=1S/C16H24FN3O2/c1-16(5-10-2-14(21)3-11(10)6-16)19-8-15(22)20-9-12(17)4-13(20)7-18/h10-14,19,21H,2-6,8-9H2,1H3/t10?,11?,12-,13-,14?,16?/m0/s1. The van der Waals surface area contributed by atoms with E-state index in [9.17, 15) is 14.3 Å². The third-order valence-electron chi connectivity index (χ3n) is 5.63. The monoisotopic (exact) mass is 309 g/mol. The van der Waals surface area contributed by atoms with Gasteiger partial charge in [-0.05, 0) is 44.4 Å². The van der Waals surface area contributed by atoms with Crippen LogP contribution in [-0.4, -0.2) is 52.9 Å². The van der Waals surface area contributed by atoms with E-state index >= 15 is 0 Å². The number of carbonyl (C=O) groups is 1. The summed E-state index contributed by atoms with van der Waals surface area (Å²) in [6.07, 6.45) is 2.54. The van der Waals surface area contributed by atoms with E-state index in [2.05, 4.69) is 12.2 Å². The first-order chi connectivity index (χ1) is 10.4. The molecule has 6 heteroatoms. The van der Waals surface area contributed by atoms with E-state index in [1.165, 1.54) is 4.90 Å². The third kappa shape index (κ3) is 2.97. The summed E-state index contributed by atoms with van der Waals surface area (Å²) in [6.45, 7) is 2.31. The zero-order chi connectivity index (χ0) is 15.9. The van der Waals surface area contributed by atoms with Crippen LogP contribution in [0.15, 0.2) is 0 Å². The highest BCUT2D eigenvalue weighted by molar-refractivity contribution is 5.79. The van der Waals surface area contributed by atoms with Crippen molar-refractivity contribution >= 4 is 5.91 Å². The highest BCUT2D eigenvalue weighted by Gasteiger charge is 2.47. The minimum Gasteiger partial charge on any atom is -0.393 e. The van der Waals surface area contributed by atoms with Gasteiger partial charge in [-0.1, -0.05) is 0 Å². The Balaban J connectivity index is 1.53. The normalized spacial score (nSPS) is 44.1. The molecule has 122 valence electrons. The molecule has 1 amide bonds. The van der Waals surface area contributed by atoms with Crippen LogP contribution in [0.1, 0.15) is 39.0 Å². The molecule has 5 nitrogen and oxygen atoms in total. The first-order valence-corrected chi connectivity index (χ1v) is 8.16. The van der Waals surface area contributed by atoms with Crippen molar-refractivity contribution < 1.29 is 14.3 Å². The van der Waals surface area contributed by atoms with Crippen molar-refractivity contribution in [2.24, 2.45) is 11.8 Å². The largest absolute Gasteiger partial charge is 0.393 e. The molecule has 0 radical (unpaired) electrons. The zero-order valence-corrected chi connectivity index (χ0v) is 13.0. The van der Waals surface area contributed by atoms with Gasteiger partial charge in [0.15, 0.2) is 0 Å². The Bertz CT molecular complexity index is 478. The summed E-state index contributed by atoms with van der Waals surface area (Å²) < 4.78 is 13.4. The molecular weight excluding hydrogens is 285 g/mol. The lowest BCUT2D eigenvalue weighted by Crippen LogP contribution is -2.48. The number of rotatable bonds is 3. The van der Waals surface area contributed by atoms with Crippen LogP contribution in [0, 0.1) is 23.2 Å². The predicted octanol–water partition coefficient (Wildman–Crippen LogP) is 0.978.